The molecule has 0 saturated heterocycles. The molecule has 0 bridgehead atoms. The Labute approximate surface area is 136 Å². The lowest BCUT2D eigenvalue weighted by Crippen LogP contribution is -2.26. The maximum Gasteiger partial charge on any atom is 0.262 e. The van der Waals surface area contributed by atoms with E-state index in [1.165, 1.54) is 11.1 Å². The molecule has 1 aliphatic heterocycles. The van der Waals surface area contributed by atoms with Gasteiger partial charge in [-0.25, -0.2) is 0 Å². The Kier molecular flexibility index (Phi) is 4.63. The molecule has 1 heterocycles. The first-order valence-corrected chi connectivity index (χ1v) is 8.03. The number of rotatable bonds is 5. The fraction of sp³-hybridized carbons (Fsp3) is 0.316. The lowest BCUT2D eigenvalue weighted by Gasteiger charge is -2.21. The Morgan fingerprint density at radius 2 is 2.04 bits per heavy atom. The summed E-state index contributed by atoms with van der Waals surface area (Å²) in [5.74, 6) is 0.628. The van der Waals surface area contributed by atoms with E-state index in [1.807, 2.05) is 18.2 Å². The zero-order chi connectivity index (χ0) is 16.2. The highest BCUT2D eigenvalue weighted by atomic mass is 16.5. The first kappa shape index (κ1) is 15.6. The van der Waals surface area contributed by atoms with Crippen molar-refractivity contribution in [2.45, 2.75) is 32.9 Å². The molecule has 0 radical (unpaired) electrons. The highest BCUT2D eigenvalue weighted by Gasteiger charge is 2.17. The number of hydrogen-bond acceptors (Lipinski definition) is 3. The van der Waals surface area contributed by atoms with Gasteiger partial charge >= 0.3 is 0 Å². The average Bonchev–Trinajstić information content (AvgIpc) is 2.59. The summed E-state index contributed by atoms with van der Waals surface area (Å²) < 4.78 is 5.39. The molecular weight excluding hydrogens is 288 g/mol. The number of carbonyl (C=O) groups is 1. The first-order chi connectivity index (χ1) is 11.2. The van der Waals surface area contributed by atoms with Crippen LogP contribution in [0.3, 0.4) is 0 Å². The van der Waals surface area contributed by atoms with Crippen LogP contribution in [0.1, 0.15) is 36.6 Å². The number of ether oxygens (including phenoxy) is 1. The van der Waals surface area contributed by atoms with Crippen molar-refractivity contribution in [1.29, 1.82) is 0 Å². The number of hydrogen-bond donors (Lipinski definition) is 2. The fourth-order valence-electron chi connectivity index (χ4n) is 2.72. The van der Waals surface area contributed by atoms with Crippen LogP contribution in [0.25, 0.3) is 0 Å². The van der Waals surface area contributed by atoms with Crippen molar-refractivity contribution in [3.05, 3.63) is 59.2 Å². The molecule has 0 fully saturated rings. The van der Waals surface area contributed by atoms with Crippen LogP contribution in [0.15, 0.2) is 42.5 Å². The lowest BCUT2D eigenvalue weighted by molar-refractivity contribution is -0.118. The van der Waals surface area contributed by atoms with Gasteiger partial charge in [0.1, 0.15) is 5.75 Å². The molecule has 4 nitrogen and oxygen atoms in total. The number of amides is 1. The molecule has 0 saturated carbocycles. The van der Waals surface area contributed by atoms with Gasteiger partial charge in [-0.1, -0.05) is 37.3 Å². The largest absolute Gasteiger partial charge is 0.482 e. The minimum Gasteiger partial charge on any atom is -0.482 e. The second-order valence-electron chi connectivity index (χ2n) is 5.87. The van der Waals surface area contributed by atoms with E-state index >= 15 is 0 Å². The molecule has 23 heavy (non-hydrogen) atoms. The molecule has 0 unspecified atom stereocenters. The number of benzene rings is 2. The van der Waals surface area contributed by atoms with E-state index in [9.17, 15) is 4.79 Å². The van der Waals surface area contributed by atoms with Crippen LogP contribution in [0.4, 0.5) is 5.69 Å². The summed E-state index contributed by atoms with van der Waals surface area (Å²) in [6, 6.07) is 14.7. The number of aryl methyl sites for hydroxylation is 1. The highest BCUT2D eigenvalue weighted by Crippen LogP contribution is 2.30. The van der Waals surface area contributed by atoms with Gasteiger partial charge in [-0.05, 0) is 42.2 Å². The molecule has 2 aromatic rings. The zero-order valence-corrected chi connectivity index (χ0v) is 13.6. The quantitative estimate of drug-likeness (QED) is 0.889. The minimum absolute atomic E-state index is 0.0912. The Hall–Kier alpha value is -2.33. The summed E-state index contributed by atoms with van der Waals surface area (Å²) in [6.07, 6.45) is 1.05. The van der Waals surface area contributed by atoms with E-state index < -0.39 is 0 Å². The minimum atomic E-state index is -0.105. The molecular formula is C19H22N2O2. The highest BCUT2D eigenvalue weighted by molar-refractivity contribution is 5.95. The summed E-state index contributed by atoms with van der Waals surface area (Å²) in [5, 5.41) is 6.38. The molecule has 2 N–H and O–H groups in total. The molecule has 0 aliphatic carbocycles. The van der Waals surface area contributed by atoms with Crippen molar-refractivity contribution in [2.75, 3.05) is 11.9 Å². The standard InChI is InChI=1S/C19H22N2O2/c1-3-14-5-4-6-15(9-14)11-20-13(2)16-7-8-18-17(10-16)21-19(22)12-23-18/h4-10,13,20H,3,11-12H2,1-2H3,(H,21,22)/t13-/m0/s1. The molecule has 0 aromatic heterocycles. The van der Waals surface area contributed by atoms with Gasteiger partial charge in [0.05, 0.1) is 5.69 Å². The third-order valence-corrected chi connectivity index (χ3v) is 4.15. The Morgan fingerprint density at radius 3 is 2.87 bits per heavy atom. The summed E-state index contributed by atoms with van der Waals surface area (Å²) in [4.78, 5) is 11.4. The van der Waals surface area contributed by atoms with Crippen molar-refractivity contribution in [3.63, 3.8) is 0 Å². The number of nitrogens with one attached hydrogen (secondary N) is 2. The van der Waals surface area contributed by atoms with Crippen molar-refractivity contribution in [2.24, 2.45) is 0 Å². The fourth-order valence-corrected chi connectivity index (χ4v) is 2.72. The Morgan fingerprint density at radius 1 is 1.22 bits per heavy atom. The van der Waals surface area contributed by atoms with Crippen LogP contribution in [-0.2, 0) is 17.8 Å². The molecule has 3 rings (SSSR count). The van der Waals surface area contributed by atoms with Gasteiger partial charge < -0.3 is 15.4 Å². The van der Waals surface area contributed by atoms with Crippen molar-refractivity contribution in [3.8, 4) is 5.75 Å². The Balaban J connectivity index is 1.67. The predicted octanol–water partition coefficient (Wildman–Crippen LogP) is 3.43. The van der Waals surface area contributed by atoms with Gasteiger partial charge in [0.25, 0.3) is 5.91 Å². The predicted molar refractivity (Wildman–Crippen MR) is 91.6 cm³/mol. The van der Waals surface area contributed by atoms with Gasteiger partial charge in [-0.3, -0.25) is 4.79 Å². The lowest BCUT2D eigenvalue weighted by atomic mass is 10.1. The van der Waals surface area contributed by atoms with Crippen LogP contribution in [0.2, 0.25) is 0 Å². The summed E-state index contributed by atoms with van der Waals surface area (Å²) in [7, 11) is 0. The molecule has 1 aliphatic rings. The van der Waals surface area contributed by atoms with Gasteiger partial charge in [0.15, 0.2) is 6.61 Å². The van der Waals surface area contributed by atoms with Gasteiger partial charge in [-0.2, -0.15) is 0 Å². The van der Waals surface area contributed by atoms with Crippen LogP contribution in [0.5, 0.6) is 5.75 Å². The van der Waals surface area contributed by atoms with Crippen LogP contribution < -0.4 is 15.4 Å². The zero-order valence-electron chi connectivity index (χ0n) is 13.6. The van der Waals surface area contributed by atoms with E-state index in [0.717, 1.165) is 30.0 Å². The summed E-state index contributed by atoms with van der Waals surface area (Å²) >= 11 is 0. The smallest absolute Gasteiger partial charge is 0.262 e. The molecule has 120 valence electrons. The molecule has 0 spiro atoms. The first-order valence-electron chi connectivity index (χ1n) is 8.03. The topological polar surface area (TPSA) is 50.4 Å². The van der Waals surface area contributed by atoms with E-state index in [2.05, 4.69) is 48.7 Å². The second-order valence-corrected chi connectivity index (χ2v) is 5.87. The van der Waals surface area contributed by atoms with Crippen molar-refractivity contribution < 1.29 is 9.53 Å². The van der Waals surface area contributed by atoms with Crippen molar-refractivity contribution >= 4 is 11.6 Å². The number of anilines is 1. The summed E-state index contributed by atoms with van der Waals surface area (Å²) in [5.41, 5.74) is 4.51. The van der Waals surface area contributed by atoms with E-state index in [4.69, 9.17) is 4.74 Å². The monoisotopic (exact) mass is 310 g/mol. The number of fused-ring (bicyclic) bond motifs is 1. The SMILES string of the molecule is CCc1cccc(CN[C@@H](C)c2ccc3c(c2)NC(=O)CO3)c1. The van der Waals surface area contributed by atoms with Gasteiger partial charge in [-0.15, -0.1) is 0 Å². The van der Waals surface area contributed by atoms with Crippen LogP contribution in [0, 0.1) is 0 Å². The average molecular weight is 310 g/mol. The molecule has 4 heteroatoms. The Bertz CT molecular complexity index is 712. The van der Waals surface area contributed by atoms with Crippen LogP contribution in [-0.4, -0.2) is 12.5 Å². The van der Waals surface area contributed by atoms with E-state index in [-0.39, 0.29) is 18.6 Å². The second kappa shape index (κ2) is 6.84. The molecule has 1 atom stereocenters. The van der Waals surface area contributed by atoms with E-state index in [0.29, 0.717) is 0 Å². The molecule has 2 aromatic carbocycles. The number of carbonyl (C=O) groups excluding carboxylic acids is 1. The maximum atomic E-state index is 11.4. The third kappa shape index (κ3) is 3.71. The normalized spacial score (nSPS) is 14.6. The summed E-state index contributed by atoms with van der Waals surface area (Å²) in [6.45, 7) is 5.19. The maximum absolute atomic E-state index is 11.4. The third-order valence-electron chi connectivity index (χ3n) is 4.15. The van der Waals surface area contributed by atoms with Crippen molar-refractivity contribution in [1.82, 2.24) is 5.32 Å². The van der Waals surface area contributed by atoms with Gasteiger partial charge in [0, 0.05) is 12.6 Å². The molecule has 1 amide bonds. The van der Waals surface area contributed by atoms with E-state index in [1.54, 1.807) is 0 Å². The van der Waals surface area contributed by atoms with Crippen LogP contribution >= 0.6 is 0 Å². The van der Waals surface area contributed by atoms with Gasteiger partial charge in [0.2, 0.25) is 0 Å².